The number of amides is 3. The summed E-state index contributed by atoms with van der Waals surface area (Å²) in [5, 5.41) is 7.82. The van der Waals surface area contributed by atoms with Crippen LogP contribution in [0.3, 0.4) is 0 Å². The van der Waals surface area contributed by atoms with Crippen LogP contribution < -0.4 is 25.4 Å². The van der Waals surface area contributed by atoms with E-state index in [4.69, 9.17) is 9.47 Å². The van der Waals surface area contributed by atoms with Crippen LogP contribution in [0.2, 0.25) is 0 Å². The molecule has 3 amide bonds. The lowest BCUT2D eigenvalue weighted by atomic mass is 10.1. The Bertz CT molecular complexity index is 923. The van der Waals surface area contributed by atoms with E-state index in [1.54, 1.807) is 18.2 Å². The van der Waals surface area contributed by atoms with E-state index in [0.29, 0.717) is 30.3 Å². The highest BCUT2D eigenvalue weighted by Crippen LogP contribution is 2.28. The molecule has 0 heterocycles. The molecule has 0 spiro atoms. The van der Waals surface area contributed by atoms with Crippen LogP contribution in [-0.4, -0.2) is 44.0 Å². The summed E-state index contributed by atoms with van der Waals surface area (Å²) in [5.41, 5.74) is 2.95. The maximum atomic E-state index is 12.4. The Labute approximate surface area is 182 Å². The average molecular weight is 428 g/mol. The summed E-state index contributed by atoms with van der Waals surface area (Å²) >= 11 is 0. The average Bonchev–Trinajstić information content (AvgIpc) is 2.74. The number of anilines is 1. The minimum absolute atomic E-state index is 0.194. The predicted octanol–water partition coefficient (Wildman–Crippen LogP) is 2.59. The monoisotopic (exact) mass is 427 g/mol. The van der Waals surface area contributed by atoms with Crippen LogP contribution in [0, 0.1) is 13.8 Å². The van der Waals surface area contributed by atoms with Crippen LogP contribution in [-0.2, 0) is 9.59 Å². The quantitative estimate of drug-likeness (QED) is 0.540. The van der Waals surface area contributed by atoms with Crippen LogP contribution in [0.5, 0.6) is 11.5 Å². The molecule has 31 heavy (non-hydrogen) atoms. The van der Waals surface area contributed by atoms with Crippen molar-refractivity contribution in [3.8, 4) is 11.5 Å². The van der Waals surface area contributed by atoms with Crippen molar-refractivity contribution >= 4 is 23.4 Å². The molecular formula is C23H29N3O5. The molecule has 0 atom stereocenters. The molecule has 0 unspecified atom stereocenters. The van der Waals surface area contributed by atoms with Gasteiger partial charge in [0.25, 0.3) is 5.91 Å². The third kappa shape index (κ3) is 7.02. The molecule has 0 aliphatic heterocycles. The molecule has 0 saturated heterocycles. The summed E-state index contributed by atoms with van der Waals surface area (Å²) in [6.07, 6.45) is 0. The molecule has 0 bridgehead atoms. The topological polar surface area (TPSA) is 106 Å². The Hall–Kier alpha value is -3.55. The second kappa shape index (κ2) is 11.6. The van der Waals surface area contributed by atoms with Gasteiger partial charge in [0.15, 0.2) is 11.5 Å². The van der Waals surface area contributed by atoms with Gasteiger partial charge in [-0.15, -0.1) is 0 Å². The number of hydrogen-bond donors (Lipinski definition) is 3. The van der Waals surface area contributed by atoms with Crippen molar-refractivity contribution in [1.82, 2.24) is 10.6 Å². The van der Waals surface area contributed by atoms with Gasteiger partial charge in [0.05, 0.1) is 26.3 Å². The molecule has 2 rings (SSSR count). The van der Waals surface area contributed by atoms with E-state index < -0.39 is 11.8 Å². The summed E-state index contributed by atoms with van der Waals surface area (Å²) in [4.78, 5) is 36.5. The molecule has 8 heteroatoms. The molecule has 0 aromatic heterocycles. The lowest BCUT2D eigenvalue weighted by Gasteiger charge is -2.13. The van der Waals surface area contributed by atoms with E-state index in [2.05, 4.69) is 16.0 Å². The van der Waals surface area contributed by atoms with Gasteiger partial charge in [0, 0.05) is 11.3 Å². The van der Waals surface area contributed by atoms with Crippen molar-refractivity contribution in [2.75, 3.05) is 31.6 Å². The maximum Gasteiger partial charge on any atom is 0.251 e. The van der Waals surface area contributed by atoms with Gasteiger partial charge in [-0.3, -0.25) is 14.4 Å². The Morgan fingerprint density at radius 1 is 0.806 bits per heavy atom. The van der Waals surface area contributed by atoms with Crippen molar-refractivity contribution in [2.24, 2.45) is 0 Å². The molecule has 2 aromatic rings. The zero-order valence-corrected chi connectivity index (χ0v) is 18.3. The third-order valence-corrected chi connectivity index (χ3v) is 4.41. The third-order valence-electron chi connectivity index (χ3n) is 4.41. The van der Waals surface area contributed by atoms with Crippen molar-refractivity contribution in [3.05, 3.63) is 53.1 Å². The number of benzene rings is 2. The standard InChI is InChI=1S/C23H29N3O5/c1-5-30-18-11-10-17(12-19(18)31-6-2)23(29)25-13-20(27)24-14-21(28)26-22-15(3)8-7-9-16(22)4/h7-12H,5-6,13-14H2,1-4H3,(H,24,27)(H,25,29)(H,26,28). The number of rotatable bonds is 10. The van der Waals surface area contributed by atoms with Gasteiger partial charge < -0.3 is 25.4 Å². The van der Waals surface area contributed by atoms with Crippen LogP contribution >= 0.6 is 0 Å². The first kappa shape index (κ1) is 23.7. The number of aryl methyl sites for hydroxylation is 2. The van der Waals surface area contributed by atoms with E-state index in [-0.39, 0.29) is 19.0 Å². The normalized spacial score (nSPS) is 10.2. The van der Waals surface area contributed by atoms with Gasteiger partial charge in [0.2, 0.25) is 11.8 Å². The molecule has 3 N–H and O–H groups in total. The second-order valence-corrected chi connectivity index (χ2v) is 6.80. The Morgan fingerprint density at radius 2 is 1.42 bits per heavy atom. The Kier molecular flexibility index (Phi) is 8.87. The highest BCUT2D eigenvalue weighted by molar-refractivity contribution is 5.98. The first-order valence-electron chi connectivity index (χ1n) is 10.2. The molecule has 166 valence electrons. The largest absolute Gasteiger partial charge is 0.490 e. The Balaban J connectivity index is 1.84. The smallest absolute Gasteiger partial charge is 0.251 e. The highest BCUT2D eigenvalue weighted by Gasteiger charge is 2.13. The predicted molar refractivity (Wildman–Crippen MR) is 119 cm³/mol. The molecule has 2 aromatic carbocycles. The summed E-state index contributed by atoms with van der Waals surface area (Å²) in [6.45, 7) is 7.94. The van der Waals surface area contributed by atoms with Gasteiger partial charge in [-0.1, -0.05) is 18.2 Å². The summed E-state index contributed by atoms with van der Waals surface area (Å²) in [7, 11) is 0. The number of nitrogens with one attached hydrogen (secondary N) is 3. The van der Waals surface area contributed by atoms with Crippen LogP contribution in [0.15, 0.2) is 36.4 Å². The lowest BCUT2D eigenvalue weighted by Crippen LogP contribution is -2.40. The zero-order valence-electron chi connectivity index (χ0n) is 18.3. The van der Waals surface area contributed by atoms with Crippen molar-refractivity contribution in [3.63, 3.8) is 0 Å². The molecular weight excluding hydrogens is 398 g/mol. The van der Waals surface area contributed by atoms with Gasteiger partial charge in [-0.05, 0) is 57.0 Å². The molecule has 0 saturated carbocycles. The Morgan fingerprint density at radius 3 is 2.06 bits per heavy atom. The van der Waals surface area contributed by atoms with Crippen molar-refractivity contribution < 1.29 is 23.9 Å². The van der Waals surface area contributed by atoms with Gasteiger partial charge in [-0.2, -0.15) is 0 Å². The summed E-state index contributed by atoms with van der Waals surface area (Å²) in [5.74, 6) is -0.233. The van der Waals surface area contributed by atoms with E-state index in [1.165, 1.54) is 0 Å². The van der Waals surface area contributed by atoms with Crippen LogP contribution in [0.1, 0.15) is 35.3 Å². The van der Waals surface area contributed by atoms with Gasteiger partial charge in [-0.25, -0.2) is 0 Å². The molecule has 0 aliphatic rings. The number of ether oxygens (including phenoxy) is 2. The number of carbonyl (C=O) groups is 3. The molecule has 0 aliphatic carbocycles. The highest BCUT2D eigenvalue weighted by atomic mass is 16.5. The number of hydrogen-bond acceptors (Lipinski definition) is 5. The fourth-order valence-electron chi connectivity index (χ4n) is 2.89. The fraction of sp³-hybridized carbons (Fsp3) is 0.348. The van der Waals surface area contributed by atoms with E-state index in [1.807, 2.05) is 45.9 Å². The minimum atomic E-state index is -0.471. The number of para-hydroxylation sites is 1. The van der Waals surface area contributed by atoms with E-state index in [0.717, 1.165) is 16.8 Å². The van der Waals surface area contributed by atoms with Gasteiger partial charge >= 0.3 is 0 Å². The van der Waals surface area contributed by atoms with E-state index in [9.17, 15) is 14.4 Å². The SMILES string of the molecule is CCOc1ccc(C(=O)NCC(=O)NCC(=O)Nc2c(C)cccc2C)cc1OCC. The first-order valence-corrected chi connectivity index (χ1v) is 10.2. The van der Waals surface area contributed by atoms with Gasteiger partial charge in [0.1, 0.15) is 0 Å². The summed E-state index contributed by atoms with van der Waals surface area (Å²) < 4.78 is 11.0. The lowest BCUT2D eigenvalue weighted by molar-refractivity contribution is -0.123. The van der Waals surface area contributed by atoms with Crippen molar-refractivity contribution in [1.29, 1.82) is 0 Å². The second-order valence-electron chi connectivity index (χ2n) is 6.80. The van der Waals surface area contributed by atoms with Crippen molar-refractivity contribution in [2.45, 2.75) is 27.7 Å². The zero-order chi connectivity index (χ0) is 22.8. The number of carbonyl (C=O) groups excluding carboxylic acids is 3. The van der Waals surface area contributed by atoms with E-state index >= 15 is 0 Å². The maximum absolute atomic E-state index is 12.4. The summed E-state index contributed by atoms with van der Waals surface area (Å²) in [6, 6.07) is 10.5. The van der Waals surface area contributed by atoms with Crippen LogP contribution in [0.4, 0.5) is 5.69 Å². The molecule has 0 fully saturated rings. The fourth-order valence-corrected chi connectivity index (χ4v) is 2.89. The minimum Gasteiger partial charge on any atom is -0.490 e. The molecule has 0 radical (unpaired) electrons. The van der Waals surface area contributed by atoms with Crippen LogP contribution in [0.25, 0.3) is 0 Å². The first-order chi connectivity index (χ1) is 14.8. The molecule has 8 nitrogen and oxygen atoms in total.